The molecule has 1 N–H and O–H groups in total. The number of ether oxygens (including phenoxy) is 3. The normalized spacial score (nSPS) is 19.2. The molecule has 1 aliphatic heterocycles. The van der Waals surface area contributed by atoms with Crippen LogP contribution in [-0.4, -0.2) is 52.5 Å². The van der Waals surface area contributed by atoms with Gasteiger partial charge in [0.05, 0.1) is 25.7 Å². The van der Waals surface area contributed by atoms with Gasteiger partial charge in [0.15, 0.2) is 11.9 Å². The van der Waals surface area contributed by atoms with Gasteiger partial charge < -0.3 is 19.3 Å². The lowest BCUT2D eigenvalue weighted by molar-refractivity contribution is -0.147. The molecule has 0 fully saturated rings. The Morgan fingerprint density at radius 2 is 1.83 bits per heavy atom. The Hall–Kier alpha value is -2.10. The third-order valence-corrected chi connectivity index (χ3v) is 4.67. The van der Waals surface area contributed by atoms with Gasteiger partial charge in [0.2, 0.25) is 5.76 Å². The molecule has 1 aromatic carbocycles. The van der Waals surface area contributed by atoms with Crippen molar-refractivity contribution in [3.63, 3.8) is 0 Å². The van der Waals surface area contributed by atoms with Gasteiger partial charge in [-0.05, 0) is 19.1 Å². The van der Waals surface area contributed by atoms with Crippen LogP contribution in [0.15, 0.2) is 40.7 Å². The molecule has 0 amide bonds. The number of carbonyl (C=O) groups excluding carboxylic acids is 1. The molecule has 1 aromatic rings. The van der Waals surface area contributed by atoms with Crippen LogP contribution in [0.1, 0.15) is 5.56 Å². The average Bonchev–Trinajstić information content (AvgIpc) is 2.88. The molecule has 0 spiro atoms. The van der Waals surface area contributed by atoms with Gasteiger partial charge in [0, 0.05) is 0 Å². The van der Waals surface area contributed by atoms with Crippen molar-refractivity contribution in [1.82, 2.24) is 0 Å². The zero-order valence-electron chi connectivity index (χ0n) is 13.4. The van der Waals surface area contributed by atoms with Gasteiger partial charge in [-0.3, -0.25) is 4.18 Å². The molecule has 2 atom stereocenters. The molecule has 0 saturated carbocycles. The van der Waals surface area contributed by atoms with Crippen molar-refractivity contribution in [3.05, 3.63) is 41.3 Å². The largest absolute Gasteiger partial charge is 0.493 e. The number of hydrogen-bond acceptors (Lipinski definition) is 8. The van der Waals surface area contributed by atoms with Crippen molar-refractivity contribution < 1.29 is 36.7 Å². The highest BCUT2D eigenvalue weighted by molar-refractivity contribution is 7.86. The fourth-order valence-corrected chi connectivity index (χ4v) is 3.04. The second kappa shape index (κ2) is 7.20. The Morgan fingerprint density at radius 1 is 1.21 bits per heavy atom. The number of aliphatic hydroxyl groups excluding tert-OH is 1. The fourth-order valence-electron chi connectivity index (χ4n) is 2.12. The van der Waals surface area contributed by atoms with E-state index in [-0.39, 0.29) is 16.4 Å². The van der Waals surface area contributed by atoms with Gasteiger partial charge in [0.25, 0.3) is 10.1 Å². The van der Waals surface area contributed by atoms with Gasteiger partial charge in [-0.25, -0.2) is 4.79 Å². The van der Waals surface area contributed by atoms with Crippen LogP contribution >= 0.6 is 0 Å². The van der Waals surface area contributed by atoms with Crippen molar-refractivity contribution >= 4 is 16.1 Å². The predicted octanol–water partition coefficient (Wildman–Crippen LogP) is 0.491. The van der Waals surface area contributed by atoms with E-state index in [4.69, 9.17) is 18.4 Å². The third kappa shape index (κ3) is 3.69. The molecule has 1 heterocycles. The lowest BCUT2D eigenvalue weighted by Crippen LogP contribution is -2.34. The third-order valence-electron chi connectivity index (χ3n) is 3.38. The second-order valence-electron chi connectivity index (χ2n) is 5.05. The molecule has 0 radical (unpaired) electrons. The van der Waals surface area contributed by atoms with Crippen LogP contribution in [0.5, 0.6) is 0 Å². The predicted molar refractivity (Wildman–Crippen MR) is 81.2 cm³/mol. The number of esters is 1. The summed E-state index contributed by atoms with van der Waals surface area (Å²) in [6.07, 6.45) is -2.65. The minimum absolute atomic E-state index is 0.0219. The Labute approximate surface area is 139 Å². The van der Waals surface area contributed by atoms with Crippen LogP contribution in [0.25, 0.3) is 0 Å². The minimum atomic E-state index is -4.05. The molecule has 0 aromatic heterocycles. The first-order valence-corrected chi connectivity index (χ1v) is 8.38. The second-order valence-corrected chi connectivity index (χ2v) is 6.66. The summed E-state index contributed by atoms with van der Waals surface area (Å²) in [5.41, 5.74) is 0.897. The van der Waals surface area contributed by atoms with E-state index < -0.39 is 34.9 Å². The summed E-state index contributed by atoms with van der Waals surface area (Å²) in [4.78, 5) is 11.6. The maximum Gasteiger partial charge on any atom is 0.378 e. The lowest BCUT2D eigenvalue weighted by Gasteiger charge is -2.18. The van der Waals surface area contributed by atoms with Gasteiger partial charge >= 0.3 is 5.97 Å². The molecule has 132 valence electrons. The van der Waals surface area contributed by atoms with E-state index in [0.29, 0.717) is 0 Å². The number of aliphatic hydroxyl groups is 1. The quantitative estimate of drug-likeness (QED) is 0.554. The van der Waals surface area contributed by atoms with E-state index in [2.05, 4.69) is 0 Å². The van der Waals surface area contributed by atoms with Crippen LogP contribution in [0, 0.1) is 6.92 Å². The van der Waals surface area contributed by atoms with Crippen molar-refractivity contribution in [2.24, 2.45) is 0 Å². The monoisotopic (exact) mass is 358 g/mol. The van der Waals surface area contributed by atoms with Gasteiger partial charge in [-0.15, -0.1) is 0 Å². The van der Waals surface area contributed by atoms with E-state index in [0.717, 1.165) is 5.56 Å². The number of cyclic esters (lactones) is 1. The van der Waals surface area contributed by atoms with E-state index >= 15 is 0 Å². The Bertz CT molecular complexity index is 735. The first-order chi connectivity index (χ1) is 11.3. The van der Waals surface area contributed by atoms with Crippen molar-refractivity contribution in [2.45, 2.75) is 24.0 Å². The van der Waals surface area contributed by atoms with Gasteiger partial charge in [0.1, 0.15) is 6.10 Å². The molecule has 24 heavy (non-hydrogen) atoms. The Balaban J connectivity index is 2.08. The summed E-state index contributed by atoms with van der Waals surface area (Å²) in [5.74, 6) is -1.01. The van der Waals surface area contributed by atoms with E-state index in [1.54, 1.807) is 12.1 Å². The average molecular weight is 358 g/mol. The molecular weight excluding hydrogens is 340 g/mol. The number of methoxy groups -OCH3 is 2. The minimum Gasteiger partial charge on any atom is -0.493 e. The van der Waals surface area contributed by atoms with E-state index in [1.807, 2.05) is 6.92 Å². The molecule has 0 unspecified atom stereocenters. The summed E-state index contributed by atoms with van der Waals surface area (Å²) < 4.78 is 43.8. The smallest absolute Gasteiger partial charge is 0.378 e. The topological polar surface area (TPSA) is 108 Å². The first kappa shape index (κ1) is 18.2. The van der Waals surface area contributed by atoms with Crippen LogP contribution in [0.2, 0.25) is 0 Å². The highest BCUT2D eigenvalue weighted by atomic mass is 32.2. The maximum atomic E-state index is 12.1. The van der Waals surface area contributed by atoms with Crippen molar-refractivity contribution in [3.8, 4) is 0 Å². The Kier molecular flexibility index (Phi) is 5.47. The van der Waals surface area contributed by atoms with E-state index in [1.165, 1.54) is 26.4 Å². The van der Waals surface area contributed by atoms with Crippen molar-refractivity contribution in [2.75, 3.05) is 20.8 Å². The molecule has 2 rings (SSSR count). The van der Waals surface area contributed by atoms with Crippen molar-refractivity contribution in [1.29, 1.82) is 0 Å². The molecule has 0 saturated heterocycles. The number of rotatable bonds is 7. The summed E-state index contributed by atoms with van der Waals surface area (Å²) in [5, 5.41) is 10.1. The highest BCUT2D eigenvalue weighted by Gasteiger charge is 2.41. The molecule has 9 heteroatoms. The SMILES string of the molecule is COC1=C(OC)[C@@H]([C@H](O)COS(=O)(=O)c2ccc(C)cc2)OC1=O. The van der Waals surface area contributed by atoms with Gasteiger partial charge in [-0.1, -0.05) is 17.7 Å². The van der Waals surface area contributed by atoms with Crippen LogP contribution in [-0.2, 0) is 33.3 Å². The summed E-state index contributed by atoms with van der Waals surface area (Å²) in [6, 6.07) is 6.05. The van der Waals surface area contributed by atoms with Crippen LogP contribution in [0.3, 0.4) is 0 Å². The first-order valence-electron chi connectivity index (χ1n) is 6.97. The van der Waals surface area contributed by atoms with Crippen LogP contribution < -0.4 is 0 Å². The van der Waals surface area contributed by atoms with Gasteiger partial charge in [-0.2, -0.15) is 8.42 Å². The maximum absolute atomic E-state index is 12.1. The lowest BCUT2D eigenvalue weighted by atomic mass is 10.2. The molecular formula is C15H18O8S. The fraction of sp³-hybridized carbons (Fsp3) is 0.400. The molecule has 1 aliphatic rings. The number of hydrogen-bond donors (Lipinski definition) is 1. The number of aryl methyl sites for hydroxylation is 1. The zero-order chi connectivity index (χ0) is 17.9. The Morgan fingerprint density at radius 3 is 2.38 bits per heavy atom. The molecule has 0 bridgehead atoms. The summed E-state index contributed by atoms with van der Waals surface area (Å²) >= 11 is 0. The number of carbonyl (C=O) groups is 1. The number of benzene rings is 1. The summed E-state index contributed by atoms with van der Waals surface area (Å²) in [7, 11) is -1.52. The zero-order valence-corrected chi connectivity index (χ0v) is 14.2. The van der Waals surface area contributed by atoms with E-state index in [9.17, 15) is 18.3 Å². The molecule has 0 aliphatic carbocycles. The summed E-state index contributed by atoms with van der Waals surface area (Å²) in [6.45, 7) is 1.21. The highest BCUT2D eigenvalue weighted by Crippen LogP contribution is 2.26. The molecule has 8 nitrogen and oxygen atoms in total. The van der Waals surface area contributed by atoms with Crippen LogP contribution in [0.4, 0.5) is 0 Å². The standard InChI is InChI=1S/C15H18O8S/c1-9-4-6-10(7-5-9)24(18,19)22-8-11(16)12-13(20-2)14(21-3)15(17)23-12/h4-7,11-12,16H,8H2,1-3H3/t11-,12-/m1/s1.